The Bertz CT molecular complexity index is 515. The molecule has 0 saturated carbocycles. The van der Waals surface area contributed by atoms with Gasteiger partial charge in [-0.25, -0.2) is 0 Å². The molecule has 2 aromatic rings. The Morgan fingerprint density at radius 3 is 3.16 bits per heavy atom. The third kappa shape index (κ3) is 2.58. The molecule has 3 heterocycles. The fourth-order valence-corrected chi connectivity index (χ4v) is 3.54. The average Bonchev–Trinajstić information content (AvgIpc) is 3.11. The van der Waals surface area contributed by atoms with E-state index in [9.17, 15) is 0 Å². The average molecular weight is 277 g/mol. The predicted molar refractivity (Wildman–Crippen MR) is 75.5 cm³/mol. The lowest BCUT2D eigenvalue weighted by atomic mass is 9.82. The van der Waals surface area contributed by atoms with Gasteiger partial charge in [0.1, 0.15) is 0 Å². The molecular weight excluding hydrogens is 258 g/mol. The SMILES string of the molecule is CCCC1(c2nc(Cc3cccs3)no2)CCNC1. The Kier molecular flexibility index (Phi) is 3.66. The molecule has 1 aliphatic heterocycles. The van der Waals surface area contributed by atoms with Crippen molar-refractivity contribution in [2.75, 3.05) is 13.1 Å². The Morgan fingerprint density at radius 1 is 1.53 bits per heavy atom. The minimum absolute atomic E-state index is 0.0649. The molecule has 1 atom stereocenters. The fraction of sp³-hybridized carbons (Fsp3) is 0.571. The molecule has 5 heteroatoms. The van der Waals surface area contributed by atoms with Crippen LogP contribution >= 0.6 is 11.3 Å². The van der Waals surface area contributed by atoms with E-state index in [4.69, 9.17) is 4.52 Å². The summed E-state index contributed by atoms with van der Waals surface area (Å²) in [5.74, 6) is 1.63. The summed E-state index contributed by atoms with van der Waals surface area (Å²) in [6, 6.07) is 4.17. The molecule has 0 radical (unpaired) electrons. The van der Waals surface area contributed by atoms with Crippen LogP contribution in [0.4, 0.5) is 0 Å². The van der Waals surface area contributed by atoms with Crippen molar-refractivity contribution in [2.24, 2.45) is 0 Å². The van der Waals surface area contributed by atoms with Crippen LogP contribution in [0.2, 0.25) is 0 Å². The Balaban J connectivity index is 1.79. The summed E-state index contributed by atoms with van der Waals surface area (Å²) in [7, 11) is 0. The van der Waals surface area contributed by atoms with Crippen molar-refractivity contribution in [3.63, 3.8) is 0 Å². The van der Waals surface area contributed by atoms with E-state index in [1.54, 1.807) is 11.3 Å². The summed E-state index contributed by atoms with van der Waals surface area (Å²) in [6.07, 6.45) is 4.13. The van der Waals surface area contributed by atoms with Gasteiger partial charge < -0.3 is 9.84 Å². The van der Waals surface area contributed by atoms with Crippen molar-refractivity contribution in [2.45, 2.75) is 38.0 Å². The first kappa shape index (κ1) is 12.8. The third-order valence-electron chi connectivity index (χ3n) is 3.81. The maximum atomic E-state index is 5.56. The van der Waals surface area contributed by atoms with E-state index < -0.39 is 0 Å². The monoisotopic (exact) mass is 277 g/mol. The number of nitrogens with zero attached hydrogens (tertiary/aromatic N) is 2. The van der Waals surface area contributed by atoms with Crippen LogP contribution in [-0.2, 0) is 11.8 Å². The van der Waals surface area contributed by atoms with Crippen LogP contribution in [0.1, 0.15) is 42.8 Å². The van der Waals surface area contributed by atoms with Gasteiger partial charge >= 0.3 is 0 Å². The molecule has 19 heavy (non-hydrogen) atoms. The zero-order valence-electron chi connectivity index (χ0n) is 11.2. The van der Waals surface area contributed by atoms with Gasteiger partial charge in [-0.3, -0.25) is 0 Å². The molecule has 1 saturated heterocycles. The van der Waals surface area contributed by atoms with E-state index in [0.717, 1.165) is 50.5 Å². The number of thiophene rings is 1. The van der Waals surface area contributed by atoms with Crippen molar-refractivity contribution in [1.29, 1.82) is 0 Å². The molecule has 102 valence electrons. The van der Waals surface area contributed by atoms with E-state index in [1.807, 2.05) is 0 Å². The largest absolute Gasteiger partial charge is 0.339 e. The molecule has 1 N–H and O–H groups in total. The maximum absolute atomic E-state index is 5.56. The normalized spacial score (nSPS) is 23.0. The molecule has 0 aliphatic carbocycles. The first-order valence-electron chi connectivity index (χ1n) is 6.88. The number of hydrogen-bond acceptors (Lipinski definition) is 5. The van der Waals surface area contributed by atoms with Gasteiger partial charge in [-0.2, -0.15) is 4.98 Å². The lowest BCUT2D eigenvalue weighted by molar-refractivity contribution is 0.276. The predicted octanol–water partition coefficient (Wildman–Crippen LogP) is 2.75. The van der Waals surface area contributed by atoms with Gasteiger partial charge in [0.05, 0.1) is 5.41 Å². The first-order chi connectivity index (χ1) is 9.32. The van der Waals surface area contributed by atoms with Crippen LogP contribution in [0, 0.1) is 0 Å². The second kappa shape index (κ2) is 5.43. The van der Waals surface area contributed by atoms with Gasteiger partial charge in [-0.05, 0) is 30.8 Å². The smallest absolute Gasteiger partial charge is 0.234 e. The molecule has 0 amide bonds. The van der Waals surface area contributed by atoms with Crippen LogP contribution in [0.25, 0.3) is 0 Å². The zero-order chi connectivity index (χ0) is 13.1. The van der Waals surface area contributed by atoms with Crippen LogP contribution < -0.4 is 5.32 Å². The Hall–Kier alpha value is -1.20. The van der Waals surface area contributed by atoms with Crippen molar-refractivity contribution in [1.82, 2.24) is 15.5 Å². The van der Waals surface area contributed by atoms with Gasteiger partial charge in [-0.15, -0.1) is 11.3 Å². The van der Waals surface area contributed by atoms with E-state index in [-0.39, 0.29) is 5.41 Å². The highest BCUT2D eigenvalue weighted by molar-refractivity contribution is 7.09. The lowest BCUT2D eigenvalue weighted by Gasteiger charge is -2.22. The summed E-state index contributed by atoms with van der Waals surface area (Å²) >= 11 is 1.73. The number of aromatic nitrogens is 2. The fourth-order valence-electron chi connectivity index (χ4n) is 2.84. The highest BCUT2D eigenvalue weighted by atomic mass is 32.1. The molecule has 1 fully saturated rings. The molecule has 0 aromatic carbocycles. The van der Waals surface area contributed by atoms with Crippen molar-refractivity contribution in [3.05, 3.63) is 34.1 Å². The molecule has 2 aromatic heterocycles. The lowest BCUT2D eigenvalue weighted by Crippen LogP contribution is -2.29. The zero-order valence-corrected chi connectivity index (χ0v) is 12.0. The second-order valence-corrected chi connectivity index (χ2v) is 6.26. The van der Waals surface area contributed by atoms with Gasteiger partial charge in [0.15, 0.2) is 5.82 Å². The molecule has 4 nitrogen and oxygen atoms in total. The van der Waals surface area contributed by atoms with Gasteiger partial charge in [0, 0.05) is 17.8 Å². The Morgan fingerprint density at radius 2 is 2.47 bits per heavy atom. The van der Waals surface area contributed by atoms with Crippen molar-refractivity contribution < 1.29 is 4.52 Å². The standard InChI is InChI=1S/C14H19N3OS/c1-2-5-14(6-7-15-10-14)13-16-12(17-18-13)9-11-4-3-8-19-11/h3-4,8,15H,2,5-7,9-10H2,1H3. The second-order valence-electron chi connectivity index (χ2n) is 5.23. The van der Waals surface area contributed by atoms with Crippen LogP contribution in [0.5, 0.6) is 0 Å². The van der Waals surface area contributed by atoms with Crippen molar-refractivity contribution in [3.8, 4) is 0 Å². The van der Waals surface area contributed by atoms with E-state index >= 15 is 0 Å². The third-order valence-corrected chi connectivity index (χ3v) is 4.68. The minimum Gasteiger partial charge on any atom is -0.339 e. The molecule has 1 aliphatic rings. The van der Waals surface area contributed by atoms with Crippen LogP contribution in [0.3, 0.4) is 0 Å². The molecule has 1 unspecified atom stereocenters. The molecule has 3 rings (SSSR count). The van der Waals surface area contributed by atoms with Crippen molar-refractivity contribution >= 4 is 11.3 Å². The topological polar surface area (TPSA) is 51.0 Å². The van der Waals surface area contributed by atoms with Crippen LogP contribution in [-0.4, -0.2) is 23.2 Å². The van der Waals surface area contributed by atoms with Gasteiger partial charge in [0.2, 0.25) is 5.89 Å². The molecule has 0 spiro atoms. The number of hydrogen-bond donors (Lipinski definition) is 1. The first-order valence-corrected chi connectivity index (χ1v) is 7.76. The quantitative estimate of drug-likeness (QED) is 0.913. The molecular formula is C14H19N3OS. The summed E-state index contributed by atoms with van der Waals surface area (Å²) in [6.45, 7) is 4.22. The summed E-state index contributed by atoms with van der Waals surface area (Å²) in [4.78, 5) is 5.93. The highest BCUT2D eigenvalue weighted by Crippen LogP contribution is 2.34. The van der Waals surface area contributed by atoms with E-state index in [1.165, 1.54) is 4.88 Å². The van der Waals surface area contributed by atoms with E-state index in [2.05, 4.69) is 39.9 Å². The summed E-state index contributed by atoms with van der Waals surface area (Å²) < 4.78 is 5.56. The Labute approximate surface area is 117 Å². The summed E-state index contributed by atoms with van der Waals surface area (Å²) in [5.41, 5.74) is 0.0649. The maximum Gasteiger partial charge on any atom is 0.234 e. The van der Waals surface area contributed by atoms with Gasteiger partial charge in [-0.1, -0.05) is 24.6 Å². The summed E-state index contributed by atoms with van der Waals surface area (Å²) in [5, 5.41) is 9.66. The number of nitrogens with one attached hydrogen (secondary N) is 1. The van der Waals surface area contributed by atoms with Crippen LogP contribution in [0.15, 0.2) is 22.0 Å². The van der Waals surface area contributed by atoms with E-state index in [0.29, 0.717) is 0 Å². The minimum atomic E-state index is 0.0649. The highest BCUT2D eigenvalue weighted by Gasteiger charge is 2.39. The number of rotatable bonds is 5. The molecule has 0 bridgehead atoms. The van der Waals surface area contributed by atoms with Gasteiger partial charge in [0.25, 0.3) is 0 Å².